The standard InChI is InChI=1S/C2H5NO2.CH3NS2/c1-2(4)3-5;2-1(3)4/h5H,1H3,(H,3,4);(H3,2,3,4). The van der Waals surface area contributed by atoms with Gasteiger partial charge in [-0.1, -0.05) is 12.2 Å². The Morgan fingerprint density at radius 1 is 1.89 bits per heavy atom. The second-order valence-electron chi connectivity index (χ2n) is 1.01. The average molecular weight is 168 g/mol. The number of carbonyl (C=O) groups is 1. The zero-order valence-corrected chi connectivity index (χ0v) is 6.50. The summed E-state index contributed by atoms with van der Waals surface area (Å²) in [6.07, 6.45) is 0. The summed E-state index contributed by atoms with van der Waals surface area (Å²) < 4.78 is 0.194. The molecule has 0 rings (SSSR count). The molecule has 9 heavy (non-hydrogen) atoms. The van der Waals surface area contributed by atoms with E-state index in [1.165, 1.54) is 12.4 Å². The van der Waals surface area contributed by atoms with Gasteiger partial charge in [0.2, 0.25) is 5.91 Å². The van der Waals surface area contributed by atoms with Crippen LogP contribution in [0.25, 0.3) is 0 Å². The Labute approximate surface area is 63.8 Å². The van der Waals surface area contributed by atoms with E-state index in [-0.39, 0.29) is 4.32 Å². The summed E-state index contributed by atoms with van der Waals surface area (Å²) in [5, 5.41) is 7.54. The van der Waals surface area contributed by atoms with Crippen LogP contribution in [0.5, 0.6) is 0 Å². The lowest BCUT2D eigenvalue weighted by atomic mass is 10.8. The summed E-state index contributed by atoms with van der Waals surface area (Å²) in [5.41, 5.74) is 6.10. The summed E-state index contributed by atoms with van der Waals surface area (Å²) in [4.78, 5) is 9.45. The van der Waals surface area contributed by atoms with Gasteiger partial charge in [-0.2, -0.15) is 0 Å². The number of hydroxylamine groups is 1. The van der Waals surface area contributed by atoms with E-state index < -0.39 is 5.91 Å². The van der Waals surface area contributed by atoms with Crippen LogP contribution in [0.3, 0.4) is 0 Å². The van der Waals surface area contributed by atoms with E-state index in [1.807, 2.05) is 0 Å². The van der Waals surface area contributed by atoms with Crippen LogP contribution < -0.4 is 11.2 Å². The number of thiol groups is 1. The molecular weight excluding hydrogens is 160 g/mol. The van der Waals surface area contributed by atoms with Crippen LogP contribution in [0.4, 0.5) is 0 Å². The first-order chi connectivity index (χ1) is 4.00. The maximum atomic E-state index is 9.45. The zero-order valence-electron chi connectivity index (χ0n) is 4.79. The van der Waals surface area contributed by atoms with Gasteiger partial charge in [-0.15, -0.1) is 12.6 Å². The van der Waals surface area contributed by atoms with Crippen molar-refractivity contribution in [2.45, 2.75) is 6.92 Å². The monoisotopic (exact) mass is 168 g/mol. The molecule has 0 atom stereocenters. The van der Waals surface area contributed by atoms with Crippen molar-refractivity contribution < 1.29 is 10.0 Å². The third-order valence-corrected chi connectivity index (χ3v) is 0.157. The number of hydrogen-bond donors (Lipinski definition) is 4. The van der Waals surface area contributed by atoms with Crippen LogP contribution >= 0.6 is 24.8 Å². The first-order valence-electron chi connectivity index (χ1n) is 1.89. The number of amides is 1. The first kappa shape index (κ1) is 11.5. The van der Waals surface area contributed by atoms with Gasteiger partial charge < -0.3 is 5.73 Å². The minimum absolute atomic E-state index is 0.194. The van der Waals surface area contributed by atoms with Gasteiger partial charge in [-0.05, 0) is 0 Å². The van der Waals surface area contributed by atoms with Crippen molar-refractivity contribution in [1.82, 2.24) is 5.48 Å². The highest BCUT2D eigenvalue weighted by Crippen LogP contribution is 1.63. The number of carbonyl (C=O) groups excluding carboxylic acids is 1. The van der Waals surface area contributed by atoms with E-state index in [2.05, 4.69) is 24.8 Å². The fraction of sp³-hybridized carbons (Fsp3) is 0.333. The summed E-state index contributed by atoms with van der Waals surface area (Å²) in [6, 6.07) is 0. The Hall–Kier alpha value is -0.330. The van der Waals surface area contributed by atoms with E-state index >= 15 is 0 Å². The Kier molecular flexibility index (Phi) is 9.77. The predicted molar refractivity (Wildman–Crippen MR) is 41.4 cm³/mol. The SMILES string of the molecule is CC(=O)NO.NC(=S)S. The van der Waals surface area contributed by atoms with E-state index in [0.717, 1.165) is 0 Å². The molecule has 0 unspecified atom stereocenters. The third kappa shape index (κ3) is 88.4. The number of rotatable bonds is 0. The first-order valence-corrected chi connectivity index (χ1v) is 2.75. The molecular formula is C3H8N2O2S2. The summed E-state index contributed by atoms with van der Waals surface area (Å²) in [5.74, 6) is -0.440. The summed E-state index contributed by atoms with van der Waals surface area (Å²) >= 11 is 7.65. The predicted octanol–water partition coefficient (Wildman–Crippen LogP) is -0.328. The van der Waals surface area contributed by atoms with Gasteiger partial charge in [0.25, 0.3) is 0 Å². The fourth-order valence-electron chi connectivity index (χ4n) is 0. The molecule has 0 spiro atoms. The Morgan fingerprint density at radius 2 is 2.00 bits per heavy atom. The molecule has 0 radical (unpaired) electrons. The van der Waals surface area contributed by atoms with Gasteiger partial charge in [0, 0.05) is 6.92 Å². The highest BCUT2D eigenvalue weighted by Gasteiger charge is 1.74. The van der Waals surface area contributed by atoms with E-state index in [9.17, 15) is 4.79 Å². The lowest BCUT2D eigenvalue weighted by Crippen LogP contribution is -2.12. The smallest absolute Gasteiger partial charge is 0.240 e. The van der Waals surface area contributed by atoms with Crippen molar-refractivity contribution in [3.8, 4) is 0 Å². The van der Waals surface area contributed by atoms with E-state index in [1.54, 1.807) is 0 Å². The molecule has 0 saturated carbocycles. The van der Waals surface area contributed by atoms with Gasteiger partial charge in [0.15, 0.2) is 0 Å². The molecule has 0 aromatic carbocycles. The van der Waals surface area contributed by atoms with Crippen molar-refractivity contribution in [1.29, 1.82) is 0 Å². The normalized spacial score (nSPS) is 6.56. The number of thiocarbonyl (C=S) groups is 1. The summed E-state index contributed by atoms with van der Waals surface area (Å²) in [6.45, 7) is 1.22. The van der Waals surface area contributed by atoms with Crippen LogP contribution in [-0.2, 0) is 4.79 Å². The van der Waals surface area contributed by atoms with E-state index in [0.29, 0.717) is 0 Å². The van der Waals surface area contributed by atoms with Gasteiger partial charge in [0.1, 0.15) is 4.32 Å². The van der Waals surface area contributed by atoms with Crippen LogP contribution in [-0.4, -0.2) is 15.4 Å². The molecule has 0 bridgehead atoms. The van der Waals surface area contributed by atoms with Crippen molar-refractivity contribution in [3.63, 3.8) is 0 Å². The average Bonchev–Trinajstić information content (AvgIpc) is 1.65. The van der Waals surface area contributed by atoms with E-state index in [4.69, 9.17) is 10.9 Å². The highest BCUT2D eigenvalue weighted by molar-refractivity contribution is 8.10. The minimum atomic E-state index is -0.440. The minimum Gasteiger partial charge on any atom is -0.385 e. The maximum Gasteiger partial charge on any atom is 0.240 e. The molecule has 0 aliphatic carbocycles. The van der Waals surface area contributed by atoms with Crippen LogP contribution in [0.15, 0.2) is 0 Å². The largest absolute Gasteiger partial charge is 0.385 e. The molecule has 0 saturated heterocycles. The summed E-state index contributed by atoms with van der Waals surface area (Å²) in [7, 11) is 0. The Balaban J connectivity index is 0. The number of nitrogens with one attached hydrogen (secondary N) is 1. The molecule has 1 amide bonds. The van der Waals surface area contributed by atoms with Crippen molar-refractivity contribution >= 4 is 35.1 Å². The fourth-order valence-corrected chi connectivity index (χ4v) is 0. The zero-order chi connectivity index (χ0) is 7.86. The molecule has 6 heteroatoms. The number of hydrogen-bond acceptors (Lipinski definition) is 3. The second kappa shape index (κ2) is 7.67. The van der Waals surface area contributed by atoms with Gasteiger partial charge >= 0.3 is 0 Å². The Bertz CT molecular complexity index is 102. The molecule has 0 heterocycles. The second-order valence-corrected chi connectivity index (χ2v) is 2.23. The molecule has 0 aliphatic rings. The van der Waals surface area contributed by atoms with Crippen LogP contribution in [0, 0.1) is 0 Å². The molecule has 4 nitrogen and oxygen atoms in total. The Morgan fingerprint density at radius 3 is 2.00 bits per heavy atom. The van der Waals surface area contributed by atoms with Crippen molar-refractivity contribution in [2.75, 3.05) is 0 Å². The van der Waals surface area contributed by atoms with Crippen LogP contribution in [0.1, 0.15) is 6.92 Å². The topological polar surface area (TPSA) is 75.3 Å². The van der Waals surface area contributed by atoms with Gasteiger partial charge in [0.05, 0.1) is 0 Å². The molecule has 4 N–H and O–H groups in total. The third-order valence-electron chi connectivity index (χ3n) is 0.157. The molecule has 54 valence electrons. The van der Waals surface area contributed by atoms with Gasteiger partial charge in [-0.3, -0.25) is 10.0 Å². The molecule has 0 aromatic rings. The lowest BCUT2D eigenvalue weighted by molar-refractivity contribution is -0.126. The number of nitrogens with two attached hydrogens (primary N) is 1. The molecule has 0 aromatic heterocycles. The van der Waals surface area contributed by atoms with Crippen molar-refractivity contribution in [3.05, 3.63) is 0 Å². The molecule has 0 fully saturated rings. The lowest BCUT2D eigenvalue weighted by Gasteiger charge is -1.78. The maximum absolute atomic E-state index is 9.45. The molecule has 0 aliphatic heterocycles. The van der Waals surface area contributed by atoms with Crippen molar-refractivity contribution in [2.24, 2.45) is 5.73 Å². The highest BCUT2D eigenvalue weighted by atomic mass is 32.1. The van der Waals surface area contributed by atoms with Crippen LogP contribution in [0.2, 0.25) is 0 Å². The quantitative estimate of drug-likeness (QED) is 0.173. The van der Waals surface area contributed by atoms with Gasteiger partial charge in [-0.25, -0.2) is 5.48 Å².